The normalized spacial score (nSPS) is 11.5. The van der Waals surface area contributed by atoms with Crippen molar-refractivity contribution >= 4 is 17.1 Å². The van der Waals surface area contributed by atoms with Gasteiger partial charge in [-0.3, -0.25) is 0 Å². The topological polar surface area (TPSA) is 56.5 Å². The highest BCUT2D eigenvalue weighted by molar-refractivity contribution is 5.78. The van der Waals surface area contributed by atoms with Gasteiger partial charge in [-0.2, -0.15) is 0 Å². The third-order valence-electron chi connectivity index (χ3n) is 5.33. The molecule has 3 aromatic rings. The highest BCUT2D eigenvalue weighted by atomic mass is 16.5. The maximum absolute atomic E-state index is 9.25. The van der Waals surface area contributed by atoms with Crippen LogP contribution in [0.15, 0.2) is 36.4 Å². The number of aromatic nitrogens is 2. The van der Waals surface area contributed by atoms with Gasteiger partial charge in [0.05, 0.1) is 24.8 Å². The molecule has 0 bridgehead atoms. The van der Waals surface area contributed by atoms with Crippen molar-refractivity contribution in [2.45, 2.75) is 46.6 Å². The molecule has 0 atom stereocenters. The summed E-state index contributed by atoms with van der Waals surface area (Å²) in [5.41, 5.74) is 5.77. The number of methoxy groups -OCH3 is 1. The van der Waals surface area contributed by atoms with Crippen molar-refractivity contribution in [3.05, 3.63) is 58.9 Å². The van der Waals surface area contributed by atoms with Gasteiger partial charge in [-0.25, -0.2) is 4.98 Å². The summed E-state index contributed by atoms with van der Waals surface area (Å²) in [4.78, 5) is 4.83. The van der Waals surface area contributed by atoms with Crippen molar-refractivity contribution in [2.75, 3.05) is 20.3 Å². The first-order chi connectivity index (χ1) is 14.6. The van der Waals surface area contributed by atoms with Crippen LogP contribution in [0.4, 0.5) is 0 Å². The van der Waals surface area contributed by atoms with E-state index in [-0.39, 0.29) is 6.61 Å². The molecule has 0 radical (unpaired) electrons. The fourth-order valence-electron chi connectivity index (χ4n) is 3.61. The summed E-state index contributed by atoms with van der Waals surface area (Å²) in [6.45, 7) is 7.82. The van der Waals surface area contributed by atoms with Crippen LogP contribution in [0, 0.1) is 13.8 Å². The molecule has 3 rings (SSSR count). The van der Waals surface area contributed by atoms with Crippen LogP contribution in [-0.2, 0) is 13.0 Å². The van der Waals surface area contributed by atoms with Crippen molar-refractivity contribution in [1.82, 2.24) is 9.55 Å². The van der Waals surface area contributed by atoms with Gasteiger partial charge in [-0.05, 0) is 74.6 Å². The van der Waals surface area contributed by atoms with Gasteiger partial charge in [-0.1, -0.05) is 18.2 Å². The van der Waals surface area contributed by atoms with E-state index >= 15 is 0 Å². The second-order valence-electron chi connectivity index (χ2n) is 7.54. The van der Waals surface area contributed by atoms with Gasteiger partial charge in [0.1, 0.15) is 5.82 Å². The highest BCUT2D eigenvalue weighted by Crippen LogP contribution is 2.29. The summed E-state index contributed by atoms with van der Waals surface area (Å²) in [5.74, 6) is 2.53. The van der Waals surface area contributed by atoms with E-state index < -0.39 is 0 Å². The van der Waals surface area contributed by atoms with E-state index in [9.17, 15) is 5.11 Å². The molecule has 2 aromatic carbocycles. The SMILES string of the molecule is C/C=C/c1ccc(OCCCn2c(CCCO)nc3cc(C)c(C)cc32)c(OC)c1. The van der Waals surface area contributed by atoms with Gasteiger partial charge in [0.2, 0.25) is 0 Å². The first-order valence-corrected chi connectivity index (χ1v) is 10.6. The molecule has 0 aliphatic carbocycles. The van der Waals surface area contributed by atoms with E-state index in [1.807, 2.05) is 37.3 Å². The minimum atomic E-state index is 0.174. The van der Waals surface area contributed by atoms with Crippen molar-refractivity contribution in [3.63, 3.8) is 0 Å². The minimum absolute atomic E-state index is 0.174. The number of aliphatic hydroxyl groups is 1. The lowest BCUT2D eigenvalue weighted by Crippen LogP contribution is -2.09. The van der Waals surface area contributed by atoms with Crippen LogP contribution >= 0.6 is 0 Å². The largest absolute Gasteiger partial charge is 0.493 e. The number of rotatable bonds is 10. The molecule has 5 heteroatoms. The molecule has 0 saturated carbocycles. The molecule has 0 saturated heterocycles. The van der Waals surface area contributed by atoms with Crippen LogP contribution in [0.5, 0.6) is 11.5 Å². The smallest absolute Gasteiger partial charge is 0.161 e. The maximum atomic E-state index is 9.25. The molecule has 1 N–H and O–H groups in total. The molecule has 30 heavy (non-hydrogen) atoms. The van der Waals surface area contributed by atoms with Gasteiger partial charge in [0.15, 0.2) is 11.5 Å². The molecule has 0 aliphatic heterocycles. The standard InChI is InChI=1S/C25H32N2O3/c1-5-8-20-10-11-23(24(17-20)29-4)30-14-7-12-27-22-16-19(3)18(2)15-21(22)26-25(27)9-6-13-28/h5,8,10-11,15-17,28H,6-7,9,12-14H2,1-4H3/b8-5+. The number of hydrogen-bond acceptors (Lipinski definition) is 4. The monoisotopic (exact) mass is 408 g/mol. The summed E-state index contributed by atoms with van der Waals surface area (Å²) in [6.07, 6.45) is 6.37. The fourth-order valence-corrected chi connectivity index (χ4v) is 3.61. The maximum Gasteiger partial charge on any atom is 0.161 e. The summed E-state index contributed by atoms with van der Waals surface area (Å²) in [5, 5.41) is 9.25. The fraction of sp³-hybridized carbons (Fsp3) is 0.400. The second-order valence-corrected chi connectivity index (χ2v) is 7.54. The Labute approximate surface area is 179 Å². The van der Waals surface area contributed by atoms with E-state index in [1.54, 1.807) is 7.11 Å². The molecule has 5 nitrogen and oxygen atoms in total. The van der Waals surface area contributed by atoms with Crippen molar-refractivity contribution in [2.24, 2.45) is 0 Å². The molecule has 0 unspecified atom stereocenters. The van der Waals surface area contributed by atoms with Crippen LogP contribution in [0.2, 0.25) is 0 Å². The Balaban J connectivity index is 1.72. The zero-order valence-electron chi connectivity index (χ0n) is 18.4. The Hall–Kier alpha value is -2.79. The predicted molar refractivity (Wildman–Crippen MR) is 122 cm³/mol. The quantitative estimate of drug-likeness (QED) is 0.475. The Morgan fingerprint density at radius 2 is 1.87 bits per heavy atom. The zero-order valence-corrected chi connectivity index (χ0v) is 18.4. The van der Waals surface area contributed by atoms with Gasteiger partial charge < -0.3 is 19.1 Å². The number of nitrogens with zero attached hydrogens (tertiary/aromatic N) is 2. The lowest BCUT2D eigenvalue weighted by molar-refractivity contribution is 0.279. The molecule has 1 aromatic heterocycles. The molecular formula is C25H32N2O3. The van der Waals surface area contributed by atoms with E-state index in [2.05, 4.69) is 30.5 Å². The number of allylic oxidation sites excluding steroid dienone is 1. The molecule has 160 valence electrons. The van der Waals surface area contributed by atoms with Crippen LogP contribution < -0.4 is 9.47 Å². The molecule has 0 spiro atoms. The van der Waals surface area contributed by atoms with Crippen molar-refractivity contribution in [1.29, 1.82) is 0 Å². The van der Waals surface area contributed by atoms with Crippen LogP contribution in [0.25, 0.3) is 17.1 Å². The lowest BCUT2D eigenvalue weighted by atomic mass is 10.1. The predicted octanol–water partition coefficient (Wildman–Crippen LogP) is 5.09. The lowest BCUT2D eigenvalue weighted by Gasteiger charge is -2.13. The number of hydrogen-bond donors (Lipinski definition) is 1. The Kier molecular flexibility index (Phi) is 7.52. The average molecular weight is 409 g/mol. The summed E-state index contributed by atoms with van der Waals surface area (Å²) in [6, 6.07) is 10.3. The summed E-state index contributed by atoms with van der Waals surface area (Å²) >= 11 is 0. The summed E-state index contributed by atoms with van der Waals surface area (Å²) in [7, 11) is 1.66. The van der Waals surface area contributed by atoms with E-state index in [0.717, 1.165) is 53.3 Å². The third kappa shape index (κ3) is 5.03. The van der Waals surface area contributed by atoms with Crippen LogP contribution in [0.3, 0.4) is 0 Å². The molecule has 0 aliphatic rings. The minimum Gasteiger partial charge on any atom is -0.493 e. The second kappa shape index (κ2) is 10.3. The zero-order chi connectivity index (χ0) is 21.5. The Bertz CT molecular complexity index is 1020. The summed E-state index contributed by atoms with van der Waals surface area (Å²) < 4.78 is 13.8. The molecule has 0 amide bonds. The Morgan fingerprint density at radius 3 is 2.60 bits per heavy atom. The van der Waals surface area contributed by atoms with Crippen LogP contribution in [0.1, 0.15) is 42.3 Å². The van der Waals surface area contributed by atoms with Crippen molar-refractivity contribution < 1.29 is 14.6 Å². The highest BCUT2D eigenvalue weighted by Gasteiger charge is 2.12. The average Bonchev–Trinajstić information content (AvgIpc) is 3.07. The number of benzene rings is 2. The molecule has 0 fully saturated rings. The van der Waals surface area contributed by atoms with E-state index in [4.69, 9.17) is 14.5 Å². The van der Waals surface area contributed by atoms with Gasteiger partial charge in [0, 0.05) is 19.6 Å². The Morgan fingerprint density at radius 1 is 1.07 bits per heavy atom. The molecule has 1 heterocycles. The molecular weight excluding hydrogens is 376 g/mol. The first kappa shape index (κ1) is 21.9. The third-order valence-corrected chi connectivity index (χ3v) is 5.33. The number of fused-ring (bicyclic) bond motifs is 1. The van der Waals surface area contributed by atoms with Gasteiger partial charge in [-0.15, -0.1) is 0 Å². The first-order valence-electron chi connectivity index (χ1n) is 10.6. The number of aryl methyl sites for hydroxylation is 4. The number of imidazole rings is 1. The van der Waals surface area contributed by atoms with Crippen molar-refractivity contribution in [3.8, 4) is 11.5 Å². The van der Waals surface area contributed by atoms with E-state index in [0.29, 0.717) is 13.0 Å². The van der Waals surface area contributed by atoms with Gasteiger partial charge >= 0.3 is 0 Å². The number of ether oxygens (including phenoxy) is 2. The van der Waals surface area contributed by atoms with Gasteiger partial charge in [0.25, 0.3) is 0 Å². The van der Waals surface area contributed by atoms with Crippen LogP contribution in [-0.4, -0.2) is 35.0 Å². The van der Waals surface area contributed by atoms with E-state index in [1.165, 1.54) is 11.1 Å². The number of aliphatic hydroxyl groups excluding tert-OH is 1.